The number of rotatable bonds is 2. The maximum absolute atomic E-state index is 13.6. The highest BCUT2D eigenvalue weighted by molar-refractivity contribution is 6.24. The minimum Gasteiger partial charge on any atom is -0.511 e. The lowest BCUT2D eigenvalue weighted by Crippen LogP contribution is -2.33. The molecule has 152 valence electrons. The van der Waals surface area contributed by atoms with Gasteiger partial charge in [0.2, 0.25) is 5.92 Å². The Balaban J connectivity index is 1.77. The van der Waals surface area contributed by atoms with Gasteiger partial charge in [0.05, 0.1) is 5.57 Å². The number of Topliss-reactive ketones (excluding diaryl/α,β-unsaturated/α-hetero) is 1. The molecule has 2 aliphatic rings. The van der Waals surface area contributed by atoms with Crippen molar-refractivity contribution in [1.29, 1.82) is 0 Å². The topological polar surface area (TPSA) is 37.3 Å². The van der Waals surface area contributed by atoms with Crippen molar-refractivity contribution in [3.63, 3.8) is 0 Å². The molecule has 1 spiro atoms. The third kappa shape index (κ3) is 3.34. The van der Waals surface area contributed by atoms with Gasteiger partial charge in [-0.05, 0) is 60.2 Å². The molecule has 2 aromatic carbocycles. The van der Waals surface area contributed by atoms with Crippen LogP contribution in [0.5, 0.6) is 0 Å². The number of halogens is 4. The standard InChI is InChI=1S/C23H20F4O2/c1-13-2-3-14(15-4-5-17(24)18(25)11-15)10-16(13)20-19(28)12-22(21(20)29)6-8-23(26,27)9-7-22/h2-5,10-11,29H,6-9,12H2,1H3. The van der Waals surface area contributed by atoms with Crippen LogP contribution < -0.4 is 0 Å². The van der Waals surface area contributed by atoms with E-state index < -0.39 is 23.0 Å². The van der Waals surface area contributed by atoms with E-state index in [9.17, 15) is 27.5 Å². The summed E-state index contributed by atoms with van der Waals surface area (Å²) in [7, 11) is 0. The quantitative estimate of drug-likeness (QED) is 0.590. The molecule has 1 N–H and O–H groups in total. The third-order valence-electron chi connectivity index (χ3n) is 6.22. The summed E-state index contributed by atoms with van der Waals surface area (Å²) < 4.78 is 54.1. The number of carbonyl (C=O) groups excluding carboxylic acids is 1. The van der Waals surface area contributed by atoms with E-state index >= 15 is 0 Å². The largest absolute Gasteiger partial charge is 0.511 e. The molecule has 2 aromatic rings. The van der Waals surface area contributed by atoms with Crippen molar-refractivity contribution in [1.82, 2.24) is 0 Å². The number of hydrogen-bond donors (Lipinski definition) is 1. The van der Waals surface area contributed by atoms with Crippen molar-refractivity contribution >= 4 is 11.4 Å². The Morgan fingerprint density at radius 3 is 2.17 bits per heavy atom. The predicted octanol–water partition coefficient (Wildman–Crippen LogP) is 6.38. The van der Waals surface area contributed by atoms with Gasteiger partial charge in [0.25, 0.3) is 0 Å². The van der Waals surface area contributed by atoms with Gasteiger partial charge < -0.3 is 5.11 Å². The van der Waals surface area contributed by atoms with Crippen LogP contribution in [0.4, 0.5) is 17.6 Å². The molecule has 29 heavy (non-hydrogen) atoms. The van der Waals surface area contributed by atoms with Crippen molar-refractivity contribution in [3.8, 4) is 11.1 Å². The second-order valence-electron chi connectivity index (χ2n) is 8.12. The van der Waals surface area contributed by atoms with Gasteiger partial charge in [0, 0.05) is 24.7 Å². The van der Waals surface area contributed by atoms with E-state index in [1.807, 2.05) is 0 Å². The number of aliphatic hydroxyl groups is 1. The Morgan fingerprint density at radius 2 is 1.52 bits per heavy atom. The molecule has 0 unspecified atom stereocenters. The minimum absolute atomic E-state index is 0.0130. The highest BCUT2D eigenvalue weighted by Gasteiger charge is 2.52. The average molecular weight is 404 g/mol. The van der Waals surface area contributed by atoms with Crippen molar-refractivity contribution in [2.75, 3.05) is 0 Å². The van der Waals surface area contributed by atoms with Gasteiger partial charge in [-0.1, -0.05) is 18.2 Å². The van der Waals surface area contributed by atoms with E-state index in [4.69, 9.17) is 0 Å². The summed E-state index contributed by atoms with van der Waals surface area (Å²) in [5.41, 5.74) is 1.43. The minimum atomic E-state index is -2.76. The fourth-order valence-electron chi connectivity index (χ4n) is 4.41. The summed E-state index contributed by atoms with van der Waals surface area (Å²) in [5.74, 6) is -5.10. The molecule has 0 radical (unpaired) electrons. The van der Waals surface area contributed by atoms with Crippen LogP contribution in [0.15, 0.2) is 42.2 Å². The zero-order valence-corrected chi connectivity index (χ0v) is 15.9. The molecule has 0 aliphatic heterocycles. The average Bonchev–Trinajstić information content (AvgIpc) is 2.91. The zero-order valence-electron chi connectivity index (χ0n) is 15.9. The van der Waals surface area contributed by atoms with Gasteiger partial charge in [-0.25, -0.2) is 17.6 Å². The molecule has 0 amide bonds. The molecular formula is C23H20F4O2. The lowest BCUT2D eigenvalue weighted by molar-refractivity contribution is -0.116. The van der Waals surface area contributed by atoms with E-state index in [1.54, 1.807) is 25.1 Å². The van der Waals surface area contributed by atoms with E-state index in [0.29, 0.717) is 16.7 Å². The van der Waals surface area contributed by atoms with E-state index in [0.717, 1.165) is 17.7 Å². The van der Waals surface area contributed by atoms with Crippen molar-refractivity contribution < 1.29 is 27.5 Å². The summed E-state index contributed by atoms with van der Waals surface area (Å²) in [6.45, 7) is 1.78. The third-order valence-corrected chi connectivity index (χ3v) is 6.22. The van der Waals surface area contributed by atoms with Gasteiger partial charge in [-0.2, -0.15) is 0 Å². The van der Waals surface area contributed by atoms with Crippen molar-refractivity contribution in [2.45, 2.75) is 45.0 Å². The number of allylic oxidation sites excluding steroid dienone is 2. The number of hydrogen-bond acceptors (Lipinski definition) is 2. The van der Waals surface area contributed by atoms with Crippen molar-refractivity contribution in [2.24, 2.45) is 5.41 Å². The van der Waals surface area contributed by atoms with E-state index in [1.165, 1.54) is 6.07 Å². The maximum atomic E-state index is 13.6. The molecule has 4 rings (SSSR count). The number of aliphatic hydroxyl groups excluding tert-OH is 1. The fraction of sp³-hybridized carbons (Fsp3) is 0.348. The Kier molecular flexibility index (Phi) is 4.56. The molecule has 2 aliphatic carbocycles. The smallest absolute Gasteiger partial charge is 0.248 e. The predicted molar refractivity (Wildman–Crippen MR) is 102 cm³/mol. The Bertz CT molecular complexity index is 1030. The van der Waals surface area contributed by atoms with Gasteiger partial charge in [0.1, 0.15) is 5.76 Å². The Labute approximate surface area is 165 Å². The first-order valence-electron chi connectivity index (χ1n) is 9.53. The number of benzene rings is 2. The lowest BCUT2D eigenvalue weighted by atomic mass is 9.71. The van der Waals surface area contributed by atoms with Crippen LogP contribution >= 0.6 is 0 Å². The summed E-state index contributed by atoms with van der Waals surface area (Å²) in [6.07, 6.45) is -0.581. The SMILES string of the molecule is Cc1ccc(-c2ccc(F)c(F)c2)cc1C1=C(O)C2(CCC(F)(F)CC2)CC1=O. The van der Waals surface area contributed by atoms with Crippen LogP contribution in [0, 0.1) is 24.0 Å². The first-order valence-corrected chi connectivity index (χ1v) is 9.53. The molecule has 1 fully saturated rings. The second kappa shape index (κ2) is 6.71. The second-order valence-corrected chi connectivity index (χ2v) is 8.12. The fourth-order valence-corrected chi connectivity index (χ4v) is 4.41. The highest BCUT2D eigenvalue weighted by atomic mass is 19.3. The summed E-state index contributed by atoms with van der Waals surface area (Å²) in [6, 6.07) is 8.64. The van der Waals surface area contributed by atoms with Gasteiger partial charge in [0.15, 0.2) is 17.4 Å². The molecule has 0 atom stereocenters. The molecule has 2 nitrogen and oxygen atoms in total. The van der Waals surface area contributed by atoms with Crippen LogP contribution in [-0.2, 0) is 4.79 Å². The summed E-state index contributed by atoms with van der Waals surface area (Å²) >= 11 is 0. The first kappa shape index (κ1) is 19.7. The summed E-state index contributed by atoms with van der Waals surface area (Å²) in [4.78, 5) is 12.8. The maximum Gasteiger partial charge on any atom is 0.248 e. The first-order chi connectivity index (χ1) is 13.6. The molecule has 0 aromatic heterocycles. The van der Waals surface area contributed by atoms with Gasteiger partial charge >= 0.3 is 0 Å². The lowest BCUT2D eigenvalue weighted by Gasteiger charge is -2.36. The molecule has 1 saturated carbocycles. The van der Waals surface area contributed by atoms with E-state index in [2.05, 4.69) is 0 Å². The summed E-state index contributed by atoms with van der Waals surface area (Å²) in [5, 5.41) is 10.9. The van der Waals surface area contributed by atoms with Crippen molar-refractivity contribution in [3.05, 3.63) is 64.9 Å². The van der Waals surface area contributed by atoms with Crippen LogP contribution in [-0.4, -0.2) is 16.8 Å². The number of carbonyl (C=O) groups is 1. The Hall–Kier alpha value is -2.63. The number of alkyl halides is 2. The van der Waals surface area contributed by atoms with Crippen LogP contribution in [0.1, 0.15) is 43.2 Å². The molecule has 6 heteroatoms. The normalized spacial score (nSPS) is 20.5. The molecular weight excluding hydrogens is 384 g/mol. The zero-order chi connectivity index (χ0) is 21.0. The van der Waals surface area contributed by atoms with Crippen LogP contribution in [0.3, 0.4) is 0 Å². The monoisotopic (exact) mass is 404 g/mol. The van der Waals surface area contributed by atoms with Gasteiger partial charge in [-0.15, -0.1) is 0 Å². The number of aryl methyl sites for hydroxylation is 1. The molecule has 0 saturated heterocycles. The Morgan fingerprint density at radius 1 is 0.897 bits per heavy atom. The molecule has 0 heterocycles. The molecule has 0 bridgehead atoms. The van der Waals surface area contributed by atoms with Crippen LogP contribution in [0.2, 0.25) is 0 Å². The number of ketones is 1. The highest BCUT2D eigenvalue weighted by Crippen LogP contribution is 2.55. The van der Waals surface area contributed by atoms with Crippen LogP contribution in [0.25, 0.3) is 16.7 Å². The van der Waals surface area contributed by atoms with Gasteiger partial charge in [-0.3, -0.25) is 4.79 Å². The van der Waals surface area contributed by atoms with E-state index in [-0.39, 0.29) is 49.2 Å².